The van der Waals surface area contributed by atoms with Gasteiger partial charge in [0, 0.05) is 11.9 Å². The summed E-state index contributed by atoms with van der Waals surface area (Å²) >= 11 is 1.39. The topological polar surface area (TPSA) is 45.2 Å². The molecule has 2 aromatic rings. The van der Waals surface area contributed by atoms with Crippen molar-refractivity contribution in [3.8, 4) is 0 Å². The van der Waals surface area contributed by atoms with E-state index in [0.29, 0.717) is 11.6 Å². The molecule has 0 saturated carbocycles. The number of nitrogens with one attached hydrogen (secondary N) is 1. The van der Waals surface area contributed by atoms with Gasteiger partial charge in [-0.3, -0.25) is 4.79 Å². The molecule has 1 aromatic heterocycles. The van der Waals surface area contributed by atoms with Gasteiger partial charge in [-0.15, -0.1) is 0 Å². The van der Waals surface area contributed by atoms with E-state index in [0.717, 1.165) is 36.3 Å². The second-order valence-electron chi connectivity index (χ2n) is 5.62. The molecule has 0 atom stereocenters. The van der Waals surface area contributed by atoms with Gasteiger partial charge in [0.05, 0.1) is 4.70 Å². The molecule has 0 spiro atoms. The summed E-state index contributed by atoms with van der Waals surface area (Å²) in [5.41, 5.74) is 0.571. The number of benzene rings is 1. The zero-order valence-electron chi connectivity index (χ0n) is 12.3. The van der Waals surface area contributed by atoms with Crippen molar-refractivity contribution in [3.05, 3.63) is 30.0 Å². The number of carbonyl (C=O) groups is 1. The molecule has 0 aliphatic carbocycles. The van der Waals surface area contributed by atoms with E-state index in [1.165, 1.54) is 24.4 Å². The maximum atomic E-state index is 12.3. The summed E-state index contributed by atoms with van der Waals surface area (Å²) in [5.74, 6) is 0.562. The number of hydrogen-bond donors (Lipinski definition) is 1. The lowest BCUT2D eigenvalue weighted by atomic mass is 9.97. The minimum absolute atomic E-state index is 0.0367. The molecule has 3 rings (SSSR count). The van der Waals surface area contributed by atoms with E-state index in [1.54, 1.807) is 0 Å². The van der Waals surface area contributed by atoms with Crippen LogP contribution in [0, 0.1) is 5.92 Å². The van der Waals surface area contributed by atoms with Crippen molar-refractivity contribution in [3.63, 3.8) is 0 Å². The number of likely N-dealkylation sites (tertiary alicyclic amines) is 1. The Balaban J connectivity index is 1.57. The van der Waals surface area contributed by atoms with Crippen molar-refractivity contribution in [2.24, 2.45) is 5.92 Å². The Bertz CT molecular complexity index is 617. The molecule has 2 heterocycles. The Hall–Kier alpha value is -1.46. The van der Waals surface area contributed by atoms with Crippen molar-refractivity contribution in [2.45, 2.75) is 19.8 Å². The molecule has 1 aliphatic heterocycles. The molecular formula is C16H21N3OS. The van der Waals surface area contributed by atoms with Crippen LogP contribution < -0.4 is 5.32 Å². The van der Waals surface area contributed by atoms with Crippen LogP contribution >= 0.6 is 11.5 Å². The molecule has 112 valence electrons. The van der Waals surface area contributed by atoms with E-state index in [-0.39, 0.29) is 5.91 Å². The first kappa shape index (κ1) is 14.5. The van der Waals surface area contributed by atoms with Crippen molar-refractivity contribution >= 4 is 27.5 Å². The SMILES string of the molecule is CCN1CCC(CNC(=O)c2nsc3ccccc23)CC1. The van der Waals surface area contributed by atoms with Gasteiger partial charge in [0.25, 0.3) is 5.91 Å². The first-order chi connectivity index (χ1) is 10.3. The fourth-order valence-electron chi connectivity index (χ4n) is 2.88. The molecule has 1 aromatic carbocycles. The highest BCUT2D eigenvalue weighted by Crippen LogP contribution is 2.22. The minimum atomic E-state index is -0.0367. The Morgan fingerprint density at radius 1 is 1.38 bits per heavy atom. The lowest BCUT2D eigenvalue weighted by molar-refractivity contribution is 0.0934. The number of nitrogens with zero attached hydrogens (tertiary/aromatic N) is 2. The third kappa shape index (κ3) is 3.24. The fraction of sp³-hybridized carbons (Fsp3) is 0.500. The van der Waals surface area contributed by atoms with Gasteiger partial charge in [0.2, 0.25) is 0 Å². The lowest BCUT2D eigenvalue weighted by Gasteiger charge is -2.30. The van der Waals surface area contributed by atoms with E-state index >= 15 is 0 Å². The summed E-state index contributed by atoms with van der Waals surface area (Å²) in [5, 5.41) is 4.03. The second-order valence-corrected chi connectivity index (χ2v) is 6.42. The molecular weight excluding hydrogens is 282 g/mol. The maximum absolute atomic E-state index is 12.3. The quantitative estimate of drug-likeness (QED) is 0.944. The zero-order chi connectivity index (χ0) is 14.7. The summed E-state index contributed by atoms with van der Waals surface area (Å²) in [6.07, 6.45) is 2.35. The van der Waals surface area contributed by atoms with Crippen LogP contribution in [-0.2, 0) is 0 Å². The molecule has 1 fully saturated rings. The first-order valence-corrected chi connectivity index (χ1v) is 8.40. The monoisotopic (exact) mass is 303 g/mol. The largest absolute Gasteiger partial charge is 0.350 e. The van der Waals surface area contributed by atoms with E-state index in [1.807, 2.05) is 24.3 Å². The van der Waals surface area contributed by atoms with Gasteiger partial charge >= 0.3 is 0 Å². The minimum Gasteiger partial charge on any atom is -0.350 e. The summed E-state index contributed by atoms with van der Waals surface area (Å²) < 4.78 is 5.37. The van der Waals surface area contributed by atoms with Gasteiger partial charge in [-0.05, 0) is 56.0 Å². The van der Waals surface area contributed by atoms with Crippen molar-refractivity contribution < 1.29 is 4.79 Å². The highest BCUT2D eigenvalue weighted by Gasteiger charge is 2.20. The smallest absolute Gasteiger partial charge is 0.271 e. The van der Waals surface area contributed by atoms with Crippen LogP contribution in [-0.4, -0.2) is 41.4 Å². The zero-order valence-corrected chi connectivity index (χ0v) is 13.2. The molecule has 5 heteroatoms. The third-order valence-corrected chi connectivity index (χ3v) is 5.12. The molecule has 0 unspecified atom stereocenters. The lowest BCUT2D eigenvalue weighted by Crippen LogP contribution is -2.38. The molecule has 1 aliphatic rings. The predicted molar refractivity (Wildman–Crippen MR) is 86.8 cm³/mol. The normalized spacial score (nSPS) is 17.2. The average Bonchev–Trinajstić information content (AvgIpc) is 2.97. The number of aromatic nitrogens is 1. The summed E-state index contributed by atoms with van der Waals surface area (Å²) in [7, 11) is 0. The third-order valence-electron chi connectivity index (χ3n) is 4.30. The van der Waals surface area contributed by atoms with Crippen LogP contribution in [0.25, 0.3) is 10.1 Å². The van der Waals surface area contributed by atoms with Crippen LogP contribution in [0.5, 0.6) is 0 Å². The van der Waals surface area contributed by atoms with Crippen molar-refractivity contribution in [2.75, 3.05) is 26.2 Å². The number of fused-ring (bicyclic) bond motifs is 1. The molecule has 0 bridgehead atoms. The molecule has 1 amide bonds. The summed E-state index contributed by atoms with van der Waals surface area (Å²) in [6.45, 7) is 6.40. The number of amides is 1. The second kappa shape index (κ2) is 6.54. The highest BCUT2D eigenvalue weighted by molar-refractivity contribution is 7.13. The van der Waals surface area contributed by atoms with Crippen LogP contribution in [0.1, 0.15) is 30.3 Å². The van der Waals surface area contributed by atoms with E-state index in [2.05, 4.69) is 21.5 Å². The molecule has 4 nitrogen and oxygen atoms in total. The number of piperidine rings is 1. The van der Waals surface area contributed by atoms with Crippen LogP contribution in [0.4, 0.5) is 0 Å². The van der Waals surface area contributed by atoms with Gasteiger partial charge < -0.3 is 10.2 Å². The number of rotatable bonds is 4. The Morgan fingerprint density at radius 2 is 2.14 bits per heavy atom. The van der Waals surface area contributed by atoms with Crippen molar-refractivity contribution in [1.82, 2.24) is 14.6 Å². The molecule has 1 saturated heterocycles. The maximum Gasteiger partial charge on any atom is 0.271 e. The van der Waals surface area contributed by atoms with Gasteiger partial charge in [-0.1, -0.05) is 25.1 Å². The van der Waals surface area contributed by atoms with E-state index < -0.39 is 0 Å². The number of hydrogen-bond acceptors (Lipinski definition) is 4. The summed E-state index contributed by atoms with van der Waals surface area (Å²) in [6, 6.07) is 7.90. The van der Waals surface area contributed by atoms with E-state index in [4.69, 9.17) is 0 Å². The fourth-order valence-corrected chi connectivity index (χ4v) is 3.65. The van der Waals surface area contributed by atoms with Gasteiger partial charge in [0.15, 0.2) is 0 Å². The Labute approximate surface area is 129 Å². The van der Waals surface area contributed by atoms with Crippen LogP contribution in [0.2, 0.25) is 0 Å². The predicted octanol–water partition coefficient (Wildman–Crippen LogP) is 2.76. The first-order valence-electron chi connectivity index (χ1n) is 7.63. The Kier molecular flexibility index (Phi) is 4.51. The average molecular weight is 303 g/mol. The van der Waals surface area contributed by atoms with Gasteiger partial charge in [-0.2, -0.15) is 4.37 Å². The molecule has 0 radical (unpaired) electrons. The molecule has 21 heavy (non-hydrogen) atoms. The molecule has 1 N–H and O–H groups in total. The van der Waals surface area contributed by atoms with Crippen LogP contribution in [0.3, 0.4) is 0 Å². The van der Waals surface area contributed by atoms with Crippen molar-refractivity contribution in [1.29, 1.82) is 0 Å². The van der Waals surface area contributed by atoms with Gasteiger partial charge in [0.1, 0.15) is 5.69 Å². The summed E-state index contributed by atoms with van der Waals surface area (Å²) in [4.78, 5) is 14.8. The van der Waals surface area contributed by atoms with Crippen LogP contribution in [0.15, 0.2) is 24.3 Å². The number of carbonyl (C=O) groups excluding carboxylic acids is 1. The standard InChI is InChI=1S/C16H21N3OS/c1-2-19-9-7-12(8-10-19)11-17-16(20)15-13-5-3-4-6-14(13)21-18-15/h3-6,12H,2,7-11H2,1H3,(H,17,20). The highest BCUT2D eigenvalue weighted by atomic mass is 32.1. The van der Waals surface area contributed by atoms with Gasteiger partial charge in [-0.25, -0.2) is 0 Å². The van der Waals surface area contributed by atoms with E-state index in [9.17, 15) is 4.79 Å². The Morgan fingerprint density at radius 3 is 2.90 bits per heavy atom.